The molecule has 0 spiro atoms. The van der Waals surface area contributed by atoms with E-state index in [4.69, 9.17) is 4.74 Å². The highest BCUT2D eigenvalue weighted by molar-refractivity contribution is 5.33. The highest BCUT2D eigenvalue weighted by atomic mass is 16.5. The van der Waals surface area contributed by atoms with Crippen molar-refractivity contribution < 1.29 is 4.74 Å². The number of hydrogen-bond acceptors (Lipinski definition) is 2. The Bertz CT molecular complexity index is 337. The molecule has 2 heteroatoms. The molecular weight excluding hydrogens is 174 g/mol. The van der Waals surface area contributed by atoms with E-state index in [1.807, 2.05) is 0 Å². The molecule has 3 rings (SSSR count). The molecule has 14 heavy (non-hydrogen) atoms. The topological polar surface area (TPSA) is 21.3 Å². The zero-order valence-electron chi connectivity index (χ0n) is 8.20. The van der Waals surface area contributed by atoms with Crippen molar-refractivity contribution in [2.24, 2.45) is 0 Å². The van der Waals surface area contributed by atoms with Gasteiger partial charge in [-0.25, -0.2) is 0 Å². The molecular formula is C12H15NO. The van der Waals surface area contributed by atoms with E-state index in [0.29, 0.717) is 12.1 Å². The van der Waals surface area contributed by atoms with Crippen LogP contribution in [0.5, 0.6) is 0 Å². The molecule has 0 amide bonds. The third-order valence-electron chi connectivity index (χ3n) is 3.26. The van der Waals surface area contributed by atoms with Crippen LogP contribution in [-0.2, 0) is 11.2 Å². The van der Waals surface area contributed by atoms with Crippen molar-refractivity contribution in [1.82, 2.24) is 5.32 Å². The van der Waals surface area contributed by atoms with E-state index >= 15 is 0 Å². The van der Waals surface area contributed by atoms with E-state index in [1.54, 1.807) is 0 Å². The maximum Gasteiger partial charge on any atom is 0.0981 e. The van der Waals surface area contributed by atoms with Crippen molar-refractivity contribution in [3.63, 3.8) is 0 Å². The molecule has 1 fully saturated rings. The summed E-state index contributed by atoms with van der Waals surface area (Å²) in [5.74, 6) is 0. The molecule has 1 saturated heterocycles. The standard InChI is InChI=1S/C12H15NO/c1-2-4-10-9(3-1)5-6-11-12(10)14-8-7-13-11/h1-4,11-13H,5-8H2/t11-,12?/m1/s1. The van der Waals surface area contributed by atoms with Crippen molar-refractivity contribution in [3.05, 3.63) is 35.4 Å². The van der Waals surface area contributed by atoms with Crippen LogP contribution in [-0.4, -0.2) is 19.2 Å². The van der Waals surface area contributed by atoms with Crippen molar-refractivity contribution in [3.8, 4) is 0 Å². The van der Waals surface area contributed by atoms with Crippen LogP contribution in [0.4, 0.5) is 0 Å². The van der Waals surface area contributed by atoms with Crippen LogP contribution in [0.2, 0.25) is 0 Å². The van der Waals surface area contributed by atoms with E-state index in [9.17, 15) is 0 Å². The van der Waals surface area contributed by atoms with Crippen LogP contribution in [0.1, 0.15) is 23.7 Å². The lowest BCUT2D eigenvalue weighted by Crippen LogP contribution is -2.45. The first-order valence-corrected chi connectivity index (χ1v) is 5.38. The van der Waals surface area contributed by atoms with E-state index in [2.05, 4.69) is 29.6 Å². The number of benzene rings is 1. The summed E-state index contributed by atoms with van der Waals surface area (Å²) in [5, 5.41) is 3.54. The predicted molar refractivity (Wildman–Crippen MR) is 55.2 cm³/mol. The molecule has 1 aromatic rings. The largest absolute Gasteiger partial charge is 0.371 e. The molecule has 1 N–H and O–H groups in total. The van der Waals surface area contributed by atoms with Crippen LogP contribution in [0.25, 0.3) is 0 Å². The summed E-state index contributed by atoms with van der Waals surface area (Å²) in [6.45, 7) is 1.85. The molecule has 0 saturated carbocycles. The van der Waals surface area contributed by atoms with Gasteiger partial charge in [-0.2, -0.15) is 0 Å². The van der Waals surface area contributed by atoms with Crippen molar-refractivity contribution >= 4 is 0 Å². The van der Waals surface area contributed by atoms with Crippen LogP contribution < -0.4 is 5.32 Å². The average molecular weight is 189 g/mol. The summed E-state index contributed by atoms with van der Waals surface area (Å²) >= 11 is 0. The summed E-state index contributed by atoms with van der Waals surface area (Å²) in [4.78, 5) is 0. The molecule has 1 aliphatic carbocycles. The second kappa shape index (κ2) is 3.37. The Morgan fingerprint density at radius 3 is 3.21 bits per heavy atom. The van der Waals surface area contributed by atoms with E-state index in [-0.39, 0.29) is 0 Å². The second-order valence-electron chi connectivity index (χ2n) is 4.09. The molecule has 1 aromatic carbocycles. The molecule has 1 heterocycles. The van der Waals surface area contributed by atoms with Crippen molar-refractivity contribution in [1.29, 1.82) is 0 Å². The summed E-state index contributed by atoms with van der Waals surface area (Å²) in [6.07, 6.45) is 2.70. The van der Waals surface area contributed by atoms with Gasteiger partial charge in [0.2, 0.25) is 0 Å². The van der Waals surface area contributed by atoms with Crippen molar-refractivity contribution in [2.75, 3.05) is 13.2 Å². The molecule has 0 radical (unpaired) electrons. The van der Waals surface area contributed by atoms with Gasteiger partial charge in [0.05, 0.1) is 12.7 Å². The lowest BCUT2D eigenvalue weighted by atomic mass is 9.85. The van der Waals surface area contributed by atoms with Gasteiger partial charge in [-0.05, 0) is 24.0 Å². The van der Waals surface area contributed by atoms with E-state index < -0.39 is 0 Å². The molecule has 0 bridgehead atoms. The van der Waals surface area contributed by atoms with Crippen LogP contribution in [0, 0.1) is 0 Å². The summed E-state index contributed by atoms with van der Waals surface area (Å²) in [6, 6.07) is 9.20. The fraction of sp³-hybridized carbons (Fsp3) is 0.500. The average Bonchev–Trinajstić information content (AvgIpc) is 2.29. The fourth-order valence-electron chi connectivity index (χ4n) is 2.56. The number of hydrogen-bond donors (Lipinski definition) is 1. The van der Waals surface area contributed by atoms with Crippen molar-refractivity contribution in [2.45, 2.75) is 25.0 Å². The summed E-state index contributed by atoms with van der Waals surface area (Å²) in [7, 11) is 0. The zero-order valence-corrected chi connectivity index (χ0v) is 8.20. The quantitative estimate of drug-likeness (QED) is 0.670. The summed E-state index contributed by atoms with van der Waals surface area (Å²) < 4.78 is 5.85. The zero-order chi connectivity index (χ0) is 9.38. The van der Waals surface area contributed by atoms with Gasteiger partial charge in [0.25, 0.3) is 0 Å². The summed E-state index contributed by atoms with van der Waals surface area (Å²) in [5.41, 5.74) is 2.87. The fourth-order valence-corrected chi connectivity index (χ4v) is 2.56. The molecule has 74 valence electrons. The Hall–Kier alpha value is -0.860. The minimum atomic E-state index is 0.300. The molecule has 1 aliphatic heterocycles. The smallest absolute Gasteiger partial charge is 0.0981 e. The Morgan fingerprint density at radius 1 is 1.29 bits per heavy atom. The van der Waals surface area contributed by atoms with Gasteiger partial charge >= 0.3 is 0 Å². The number of morpholine rings is 1. The Morgan fingerprint density at radius 2 is 2.21 bits per heavy atom. The number of rotatable bonds is 0. The van der Waals surface area contributed by atoms with E-state index in [0.717, 1.165) is 13.2 Å². The van der Waals surface area contributed by atoms with Gasteiger partial charge in [0.1, 0.15) is 0 Å². The molecule has 1 unspecified atom stereocenters. The van der Waals surface area contributed by atoms with Gasteiger partial charge in [0, 0.05) is 12.6 Å². The predicted octanol–water partition coefficient (Wildman–Crippen LogP) is 1.66. The van der Waals surface area contributed by atoms with Crippen LogP contribution in [0.3, 0.4) is 0 Å². The molecule has 0 aromatic heterocycles. The second-order valence-corrected chi connectivity index (χ2v) is 4.09. The third-order valence-corrected chi connectivity index (χ3v) is 3.26. The highest BCUT2D eigenvalue weighted by Gasteiger charge is 2.31. The number of nitrogens with one attached hydrogen (secondary N) is 1. The minimum Gasteiger partial charge on any atom is -0.371 e. The van der Waals surface area contributed by atoms with Gasteiger partial charge in [-0.3, -0.25) is 0 Å². The normalized spacial score (nSPS) is 30.6. The van der Waals surface area contributed by atoms with Gasteiger partial charge < -0.3 is 10.1 Å². The SMILES string of the molecule is c1ccc2c(c1)CC[C@H]1NCCOC21. The third kappa shape index (κ3) is 1.26. The van der Waals surface area contributed by atoms with E-state index in [1.165, 1.54) is 24.0 Å². The van der Waals surface area contributed by atoms with Crippen LogP contribution in [0.15, 0.2) is 24.3 Å². The Balaban J connectivity index is 1.99. The first kappa shape index (κ1) is 8.45. The molecule has 2 aliphatic rings. The first-order chi connectivity index (χ1) is 6.95. The Kier molecular flexibility index (Phi) is 2.03. The van der Waals surface area contributed by atoms with Gasteiger partial charge in [-0.1, -0.05) is 24.3 Å². The number of ether oxygens (including phenoxy) is 1. The lowest BCUT2D eigenvalue weighted by Gasteiger charge is -2.37. The Labute approximate surface area is 84.3 Å². The monoisotopic (exact) mass is 189 g/mol. The maximum atomic E-state index is 5.85. The van der Waals surface area contributed by atoms with Crippen LogP contribution >= 0.6 is 0 Å². The van der Waals surface area contributed by atoms with Gasteiger partial charge in [0.15, 0.2) is 0 Å². The van der Waals surface area contributed by atoms with Gasteiger partial charge in [-0.15, -0.1) is 0 Å². The first-order valence-electron chi connectivity index (χ1n) is 5.38. The maximum absolute atomic E-state index is 5.85. The number of fused-ring (bicyclic) bond motifs is 3. The molecule has 2 nitrogen and oxygen atoms in total. The molecule has 2 atom stereocenters. The lowest BCUT2D eigenvalue weighted by molar-refractivity contribution is -0.0127. The minimum absolute atomic E-state index is 0.300. The number of aryl methyl sites for hydroxylation is 1. The highest BCUT2D eigenvalue weighted by Crippen LogP contribution is 2.33.